The fraction of sp³-hybridized carbons (Fsp3) is 0.600. The first-order chi connectivity index (χ1) is 9.79. The Balaban J connectivity index is 1.99. The lowest BCUT2D eigenvalue weighted by Gasteiger charge is -2.39. The quantitative estimate of drug-likeness (QED) is 0.747. The lowest BCUT2D eigenvalue weighted by Crippen LogP contribution is -2.46. The van der Waals surface area contributed by atoms with Gasteiger partial charge in [0.2, 0.25) is 5.95 Å². The van der Waals surface area contributed by atoms with Gasteiger partial charge >= 0.3 is 6.09 Å². The number of aromatic nitrogens is 1. The third-order valence-electron chi connectivity index (χ3n) is 4.03. The summed E-state index contributed by atoms with van der Waals surface area (Å²) in [6.07, 6.45) is 1.17. The number of hydrogen-bond donors (Lipinski definition) is 1. The van der Waals surface area contributed by atoms with Crippen molar-refractivity contribution in [3.63, 3.8) is 0 Å². The molecule has 3 atom stereocenters. The second-order valence-corrected chi connectivity index (χ2v) is 6.60. The minimum absolute atomic E-state index is 0.227. The molecule has 0 aromatic carbocycles. The zero-order valence-electron chi connectivity index (χ0n) is 12.3. The van der Waals surface area contributed by atoms with Crippen molar-refractivity contribution in [2.75, 3.05) is 0 Å². The first-order valence-electron chi connectivity index (χ1n) is 7.13. The molecule has 6 heteroatoms. The standard InChI is InChI=1S/C15H19FN2O3/c1-15(2,3)21-14(20)18-9-4-5-10(18)12(19)11-8(9)6-7-17-13(11)16/h6-7,9-10,12,19H,4-5H2,1-3H3. The fourth-order valence-electron chi connectivity index (χ4n) is 3.27. The Kier molecular flexibility index (Phi) is 3.16. The van der Waals surface area contributed by atoms with Crippen LogP contribution in [0.4, 0.5) is 9.18 Å². The maximum atomic E-state index is 13.9. The molecule has 3 rings (SSSR count). The Morgan fingerprint density at radius 3 is 2.86 bits per heavy atom. The van der Waals surface area contributed by atoms with Crippen molar-refractivity contribution in [1.82, 2.24) is 9.88 Å². The first-order valence-corrected chi connectivity index (χ1v) is 7.13. The van der Waals surface area contributed by atoms with E-state index in [1.54, 1.807) is 31.7 Å². The molecule has 1 aromatic rings. The number of carbonyl (C=O) groups excluding carboxylic acids is 1. The third kappa shape index (κ3) is 2.27. The molecule has 1 amide bonds. The molecule has 1 saturated heterocycles. The van der Waals surface area contributed by atoms with Gasteiger partial charge < -0.3 is 9.84 Å². The van der Waals surface area contributed by atoms with Crippen LogP contribution in [0.5, 0.6) is 0 Å². The average Bonchev–Trinajstić information content (AvgIpc) is 2.74. The molecular weight excluding hydrogens is 275 g/mol. The molecule has 114 valence electrons. The summed E-state index contributed by atoms with van der Waals surface area (Å²) in [4.78, 5) is 17.6. The lowest BCUT2D eigenvalue weighted by atomic mass is 9.92. The van der Waals surface area contributed by atoms with Crippen LogP contribution in [0.3, 0.4) is 0 Å². The monoisotopic (exact) mass is 294 g/mol. The second-order valence-electron chi connectivity index (χ2n) is 6.60. The van der Waals surface area contributed by atoms with Crippen molar-refractivity contribution in [2.24, 2.45) is 0 Å². The van der Waals surface area contributed by atoms with Crippen molar-refractivity contribution in [3.8, 4) is 0 Å². The Hall–Kier alpha value is -1.69. The van der Waals surface area contributed by atoms with Gasteiger partial charge in [0, 0.05) is 11.8 Å². The first kappa shape index (κ1) is 14.3. The van der Waals surface area contributed by atoms with Crippen LogP contribution in [0.2, 0.25) is 0 Å². The van der Waals surface area contributed by atoms with Crippen molar-refractivity contribution < 1.29 is 19.0 Å². The molecule has 3 unspecified atom stereocenters. The van der Waals surface area contributed by atoms with E-state index in [1.165, 1.54) is 6.20 Å². The zero-order valence-corrected chi connectivity index (χ0v) is 12.3. The van der Waals surface area contributed by atoms with Crippen molar-refractivity contribution in [3.05, 3.63) is 29.3 Å². The van der Waals surface area contributed by atoms with Crippen LogP contribution in [0, 0.1) is 5.95 Å². The van der Waals surface area contributed by atoms with Gasteiger partial charge in [0.1, 0.15) is 11.7 Å². The third-order valence-corrected chi connectivity index (χ3v) is 4.03. The highest BCUT2D eigenvalue weighted by Crippen LogP contribution is 2.49. The molecule has 5 nitrogen and oxygen atoms in total. The van der Waals surface area contributed by atoms with Crippen molar-refractivity contribution in [2.45, 2.75) is 57.4 Å². The molecule has 0 aliphatic carbocycles. The Labute approximate surface area is 122 Å². The summed E-state index contributed by atoms with van der Waals surface area (Å²) in [6.45, 7) is 5.39. The normalized spacial score (nSPS) is 27.5. The molecule has 1 N–H and O–H groups in total. The van der Waals surface area contributed by atoms with Crippen molar-refractivity contribution >= 4 is 6.09 Å². The highest BCUT2D eigenvalue weighted by Gasteiger charge is 2.49. The van der Waals surface area contributed by atoms with Crippen LogP contribution in [0.25, 0.3) is 0 Å². The van der Waals surface area contributed by atoms with E-state index in [9.17, 15) is 14.3 Å². The van der Waals surface area contributed by atoms with E-state index < -0.39 is 29.8 Å². The summed E-state index contributed by atoms with van der Waals surface area (Å²) < 4.78 is 19.3. The topological polar surface area (TPSA) is 62.7 Å². The van der Waals surface area contributed by atoms with E-state index in [0.717, 1.165) is 0 Å². The van der Waals surface area contributed by atoms with E-state index in [1.807, 2.05) is 0 Å². The molecule has 21 heavy (non-hydrogen) atoms. The molecule has 0 spiro atoms. The Bertz CT molecular complexity index is 585. The number of pyridine rings is 1. The average molecular weight is 294 g/mol. The summed E-state index contributed by atoms with van der Waals surface area (Å²) in [5.41, 5.74) is 0.255. The summed E-state index contributed by atoms with van der Waals surface area (Å²) in [7, 11) is 0. The largest absolute Gasteiger partial charge is 0.444 e. The van der Waals surface area contributed by atoms with Crippen LogP contribution in [0.1, 0.15) is 56.9 Å². The van der Waals surface area contributed by atoms with Gasteiger partial charge in [0.25, 0.3) is 0 Å². The van der Waals surface area contributed by atoms with Gasteiger partial charge in [-0.3, -0.25) is 4.90 Å². The van der Waals surface area contributed by atoms with E-state index in [-0.39, 0.29) is 11.6 Å². The molecule has 1 aromatic heterocycles. The number of ether oxygens (including phenoxy) is 1. The molecular formula is C15H19FN2O3. The Morgan fingerprint density at radius 1 is 1.48 bits per heavy atom. The number of hydrogen-bond acceptors (Lipinski definition) is 4. The second kappa shape index (κ2) is 4.66. The fourth-order valence-corrected chi connectivity index (χ4v) is 3.27. The number of nitrogens with zero attached hydrogens (tertiary/aromatic N) is 2. The Morgan fingerprint density at radius 2 is 2.19 bits per heavy atom. The van der Waals surface area contributed by atoms with Crippen LogP contribution >= 0.6 is 0 Å². The summed E-state index contributed by atoms with van der Waals surface area (Å²) >= 11 is 0. The highest BCUT2D eigenvalue weighted by molar-refractivity contribution is 5.71. The minimum atomic E-state index is -1.06. The van der Waals surface area contributed by atoms with Crippen LogP contribution in [-0.2, 0) is 4.74 Å². The lowest BCUT2D eigenvalue weighted by molar-refractivity contribution is -0.0125. The maximum absolute atomic E-state index is 13.9. The van der Waals surface area contributed by atoms with Crippen LogP contribution < -0.4 is 0 Å². The van der Waals surface area contributed by atoms with Gasteiger partial charge in [0.05, 0.1) is 12.1 Å². The SMILES string of the molecule is CC(C)(C)OC(=O)N1C2CCC1C(O)c1c2ccnc1F. The van der Waals surface area contributed by atoms with E-state index in [4.69, 9.17) is 4.74 Å². The van der Waals surface area contributed by atoms with Gasteiger partial charge in [0.15, 0.2) is 0 Å². The molecule has 3 heterocycles. The number of carbonyl (C=O) groups is 1. The number of halogens is 1. The van der Waals surface area contributed by atoms with Gasteiger partial charge in [-0.25, -0.2) is 9.78 Å². The summed E-state index contributed by atoms with van der Waals surface area (Å²) in [6, 6.07) is 0.974. The molecule has 2 aliphatic heterocycles. The minimum Gasteiger partial charge on any atom is -0.444 e. The van der Waals surface area contributed by atoms with E-state index in [2.05, 4.69) is 4.98 Å². The number of fused-ring (bicyclic) bond motifs is 4. The van der Waals surface area contributed by atoms with Gasteiger partial charge in [-0.1, -0.05) is 0 Å². The van der Waals surface area contributed by atoms with E-state index in [0.29, 0.717) is 18.4 Å². The molecule has 1 fully saturated rings. The maximum Gasteiger partial charge on any atom is 0.411 e. The number of rotatable bonds is 0. The van der Waals surface area contributed by atoms with Crippen LogP contribution in [-0.4, -0.2) is 32.7 Å². The highest BCUT2D eigenvalue weighted by atomic mass is 19.1. The number of aliphatic hydroxyl groups excluding tert-OH is 1. The van der Waals surface area contributed by atoms with E-state index >= 15 is 0 Å². The summed E-state index contributed by atoms with van der Waals surface area (Å²) in [5.74, 6) is -0.652. The van der Waals surface area contributed by atoms with Gasteiger partial charge in [-0.2, -0.15) is 4.39 Å². The molecule has 0 saturated carbocycles. The predicted octanol–water partition coefficient (Wildman–Crippen LogP) is 2.71. The summed E-state index contributed by atoms with van der Waals surface area (Å²) in [5, 5.41) is 10.4. The van der Waals surface area contributed by atoms with Crippen molar-refractivity contribution in [1.29, 1.82) is 0 Å². The number of amides is 1. The number of aliphatic hydroxyl groups is 1. The zero-order chi connectivity index (χ0) is 15.4. The smallest absolute Gasteiger partial charge is 0.411 e. The molecule has 0 radical (unpaired) electrons. The predicted molar refractivity (Wildman–Crippen MR) is 73.0 cm³/mol. The van der Waals surface area contributed by atoms with Crippen LogP contribution in [0.15, 0.2) is 12.3 Å². The van der Waals surface area contributed by atoms with Gasteiger partial charge in [-0.05, 0) is 45.2 Å². The molecule has 2 bridgehead atoms. The van der Waals surface area contributed by atoms with Gasteiger partial charge in [-0.15, -0.1) is 0 Å². The molecule has 2 aliphatic rings.